The highest BCUT2D eigenvalue weighted by Gasteiger charge is 2.44. The molecule has 1 aliphatic heterocycles. The van der Waals surface area contributed by atoms with Crippen LogP contribution in [0.5, 0.6) is 0 Å². The van der Waals surface area contributed by atoms with Gasteiger partial charge >= 0.3 is 7.41 Å². The number of carbonyl (C=O) groups excluding carboxylic acids is 1. The average molecular weight is 514 g/mol. The van der Waals surface area contributed by atoms with Gasteiger partial charge in [-0.3, -0.25) is 4.68 Å². The molecule has 0 saturated carbocycles. The molecule has 1 aliphatic rings. The van der Waals surface area contributed by atoms with Crippen LogP contribution in [0.3, 0.4) is 0 Å². The van der Waals surface area contributed by atoms with Crippen molar-refractivity contribution in [3.63, 3.8) is 0 Å². The van der Waals surface area contributed by atoms with Gasteiger partial charge in [0, 0.05) is 55.3 Å². The van der Waals surface area contributed by atoms with Crippen molar-refractivity contribution in [1.82, 2.24) is 19.7 Å². The highest BCUT2D eigenvalue weighted by molar-refractivity contribution is 6.74. The third-order valence-electron chi connectivity index (χ3n) is 7.39. The molecule has 1 unspecified atom stereocenters. The fraction of sp³-hybridized carbons (Fsp3) is 0.423. The van der Waals surface area contributed by atoms with Crippen LogP contribution in [-0.4, -0.2) is 54.8 Å². The molecule has 2 aromatic heterocycles. The lowest BCUT2D eigenvalue weighted by Gasteiger charge is -2.39. The maximum Gasteiger partial charge on any atom is 0.329 e. The lowest BCUT2D eigenvalue weighted by molar-refractivity contribution is 0.219. The van der Waals surface area contributed by atoms with E-state index in [9.17, 15) is 10.1 Å². The normalized spacial score (nSPS) is 17.3. The molecule has 37 heavy (non-hydrogen) atoms. The second-order valence-corrected chi connectivity index (χ2v) is 16.1. The first kappa shape index (κ1) is 26.6. The van der Waals surface area contributed by atoms with E-state index in [4.69, 9.17) is 4.43 Å². The zero-order chi connectivity index (χ0) is 27.0. The number of benzene rings is 1. The number of rotatable bonds is 8. The van der Waals surface area contributed by atoms with E-state index in [1.54, 1.807) is 10.9 Å². The van der Waals surface area contributed by atoms with Crippen molar-refractivity contribution >= 4 is 39.4 Å². The van der Waals surface area contributed by atoms with Crippen LogP contribution in [0.4, 0.5) is 17.5 Å². The minimum Gasteiger partial charge on any atom is -0.416 e. The molecular weight excluding hydrogens is 481 g/mol. The molecule has 0 aliphatic carbocycles. The third kappa shape index (κ3) is 5.31. The highest BCUT2D eigenvalue weighted by Crippen LogP contribution is 2.46. The molecular formula is C26H33BN7O2Si. The van der Waals surface area contributed by atoms with Gasteiger partial charge in [-0.25, -0.2) is 9.97 Å². The van der Waals surface area contributed by atoms with Gasteiger partial charge < -0.3 is 19.3 Å². The fourth-order valence-electron chi connectivity index (χ4n) is 4.23. The van der Waals surface area contributed by atoms with Crippen molar-refractivity contribution in [3.05, 3.63) is 47.8 Å². The third-order valence-corrected chi connectivity index (χ3v) is 11.9. The molecule has 3 aromatic rings. The Morgan fingerprint density at radius 1 is 1.32 bits per heavy atom. The predicted octanol–water partition coefficient (Wildman–Crippen LogP) is 4.40. The van der Waals surface area contributed by atoms with Crippen LogP contribution in [0.15, 0.2) is 36.7 Å². The van der Waals surface area contributed by atoms with E-state index in [2.05, 4.69) is 73.3 Å². The number of hydrogen-bond donors (Lipinski definition) is 1. The molecule has 4 rings (SSSR count). The number of fused-ring (bicyclic) bond motifs is 1. The monoisotopic (exact) mass is 514 g/mol. The summed E-state index contributed by atoms with van der Waals surface area (Å²) in [5, 5.41) is 17.6. The van der Waals surface area contributed by atoms with E-state index < -0.39 is 13.7 Å². The molecule has 0 saturated heterocycles. The van der Waals surface area contributed by atoms with Gasteiger partial charge in [0.05, 0.1) is 11.3 Å². The van der Waals surface area contributed by atoms with Crippen LogP contribution in [-0.2, 0) is 21.7 Å². The summed E-state index contributed by atoms with van der Waals surface area (Å²) < 4.78 is 8.35. The Bertz CT molecular complexity index is 1360. The van der Waals surface area contributed by atoms with E-state index in [-0.39, 0.29) is 5.04 Å². The molecule has 11 heteroatoms. The average Bonchev–Trinajstić information content (AvgIpc) is 3.37. The molecule has 191 valence electrons. The number of carbonyl (C=O) groups is 1. The van der Waals surface area contributed by atoms with E-state index in [0.29, 0.717) is 36.2 Å². The molecule has 0 amide bonds. The Morgan fingerprint density at radius 3 is 2.70 bits per heavy atom. The molecule has 1 aromatic carbocycles. The van der Waals surface area contributed by atoms with Gasteiger partial charge in [-0.15, -0.1) is 0 Å². The van der Waals surface area contributed by atoms with Crippen molar-refractivity contribution in [1.29, 1.82) is 5.26 Å². The quantitative estimate of drug-likeness (QED) is 0.348. The summed E-state index contributed by atoms with van der Waals surface area (Å²) >= 11 is 0. The topological polar surface area (TPSA) is 109 Å². The predicted molar refractivity (Wildman–Crippen MR) is 149 cm³/mol. The standard InChI is InChI=1S/C26H33BN7O2Si/c1-25(2,3)37(6,7)36-16-26(4)15-34(27-17-35)23-19(14-28)12-18(13-20(23)26)21-8-10-29-24(30-21)31-22-9-11-33(5)32-22/h8-13,17H,15-16H2,1-7H3,(H,29,30,31,32). The van der Waals surface area contributed by atoms with Gasteiger partial charge in [0.2, 0.25) is 5.95 Å². The molecule has 3 heterocycles. The van der Waals surface area contributed by atoms with E-state index >= 15 is 0 Å². The summed E-state index contributed by atoms with van der Waals surface area (Å²) in [7, 11) is 1.31. The number of hydrogen-bond acceptors (Lipinski definition) is 8. The number of anilines is 3. The van der Waals surface area contributed by atoms with E-state index in [1.807, 2.05) is 36.3 Å². The van der Waals surface area contributed by atoms with Crippen LogP contribution < -0.4 is 10.1 Å². The maximum atomic E-state index is 11.5. The fourth-order valence-corrected chi connectivity index (χ4v) is 5.35. The second kappa shape index (κ2) is 9.76. The summed E-state index contributed by atoms with van der Waals surface area (Å²) in [6.45, 7) is 14.3. The van der Waals surface area contributed by atoms with Gasteiger partial charge in [-0.1, -0.05) is 27.7 Å². The summed E-state index contributed by atoms with van der Waals surface area (Å²) in [5.41, 5.74) is 3.26. The van der Waals surface area contributed by atoms with Gasteiger partial charge in [0.1, 0.15) is 12.3 Å². The molecule has 0 fully saturated rings. The Kier molecular flexibility index (Phi) is 7.01. The smallest absolute Gasteiger partial charge is 0.329 e. The molecule has 1 atom stereocenters. The first-order valence-electron chi connectivity index (χ1n) is 12.2. The van der Waals surface area contributed by atoms with Crippen LogP contribution in [0.1, 0.15) is 38.8 Å². The van der Waals surface area contributed by atoms with E-state index in [1.165, 1.54) is 7.41 Å². The summed E-state index contributed by atoms with van der Waals surface area (Å²) in [4.78, 5) is 22.4. The molecule has 1 N–H and O–H groups in total. The lowest BCUT2D eigenvalue weighted by atomic mass is 9.83. The number of nitrogens with one attached hydrogen (secondary N) is 1. The van der Waals surface area contributed by atoms with Gasteiger partial charge in [0.15, 0.2) is 14.1 Å². The van der Waals surface area contributed by atoms with Crippen molar-refractivity contribution in [2.45, 2.75) is 51.2 Å². The van der Waals surface area contributed by atoms with Crippen LogP contribution >= 0.6 is 0 Å². The van der Waals surface area contributed by atoms with Crippen LogP contribution in [0.25, 0.3) is 11.3 Å². The summed E-state index contributed by atoms with van der Waals surface area (Å²) in [5.74, 6) is 1.05. The lowest BCUT2D eigenvalue weighted by Crippen LogP contribution is -2.46. The van der Waals surface area contributed by atoms with Crippen LogP contribution in [0, 0.1) is 11.3 Å². The SMILES string of the molecule is Cn1ccc(Nc2nccc(-c3cc(C#N)c4c(c3)C(C)(CO[Si](C)(C)C(C)(C)C)CN4[B]C=O)n2)n1. The molecule has 0 spiro atoms. The highest BCUT2D eigenvalue weighted by atomic mass is 28.4. The second-order valence-electron chi connectivity index (χ2n) is 11.3. The summed E-state index contributed by atoms with van der Waals surface area (Å²) in [6.07, 6.45) is 4.28. The molecule has 1 radical (unpaired) electrons. The number of nitrogens with zero attached hydrogens (tertiary/aromatic N) is 6. The van der Waals surface area contributed by atoms with Crippen molar-refractivity contribution in [2.24, 2.45) is 7.05 Å². The largest absolute Gasteiger partial charge is 0.416 e. The zero-order valence-corrected chi connectivity index (χ0v) is 23.5. The Balaban J connectivity index is 1.75. The zero-order valence-electron chi connectivity index (χ0n) is 22.5. The van der Waals surface area contributed by atoms with Gasteiger partial charge in [-0.2, -0.15) is 10.4 Å². The van der Waals surface area contributed by atoms with E-state index in [0.717, 1.165) is 23.0 Å². The minimum absolute atomic E-state index is 0.0665. The van der Waals surface area contributed by atoms with Gasteiger partial charge in [-0.05, 0) is 41.9 Å². The van der Waals surface area contributed by atoms with Crippen molar-refractivity contribution in [3.8, 4) is 17.3 Å². The summed E-state index contributed by atoms with van der Waals surface area (Å²) in [6, 6.07) is 9.88. The first-order chi connectivity index (χ1) is 17.4. The first-order valence-corrected chi connectivity index (χ1v) is 15.2. The van der Waals surface area contributed by atoms with Crippen LogP contribution in [0.2, 0.25) is 18.1 Å². The Labute approximate surface area is 220 Å². The molecule has 0 bridgehead atoms. The van der Waals surface area contributed by atoms with Crippen molar-refractivity contribution in [2.75, 3.05) is 23.3 Å². The Morgan fingerprint density at radius 2 is 2.08 bits per heavy atom. The number of aryl methyl sites for hydroxylation is 1. The van der Waals surface area contributed by atoms with Gasteiger partial charge in [0.25, 0.3) is 0 Å². The minimum atomic E-state index is -2.02. The van der Waals surface area contributed by atoms with Crippen molar-refractivity contribution < 1.29 is 9.22 Å². The Hall–Kier alpha value is -3.49. The number of aromatic nitrogens is 4. The maximum absolute atomic E-state index is 11.5. The number of nitriles is 1. The molecule has 9 nitrogen and oxygen atoms in total.